The van der Waals surface area contributed by atoms with Gasteiger partial charge in [0, 0.05) is 22.5 Å². The first-order chi connectivity index (χ1) is 14.6. The molecular formula is C22H23N5O2S. The third-order valence-electron chi connectivity index (χ3n) is 5.89. The normalized spacial score (nSPS) is 15.7. The van der Waals surface area contributed by atoms with E-state index in [2.05, 4.69) is 15.3 Å². The summed E-state index contributed by atoms with van der Waals surface area (Å²) in [6.07, 6.45) is 6.07. The molecule has 4 aromatic rings. The van der Waals surface area contributed by atoms with E-state index in [0.29, 0.717) is 22.9 Å². The van der Waals surface area contributed by atoms with Gasteiger partial charge in [-0.15, -0.1) is 0 Å². The zero-order chi connectivity index (χ0) is 20.7. The van der Waals surface area contributed by atoms with Crippen molar-refractivity contribution in [2.24, 2.45) is 5.92 Å². The highest BCUT2D eigenvalue weighted by Crippen LogP contribution is 2.36. The van der Waals surface area contributed by atoms with Gasteiger partial charge in [0.1, 0.15) is 5.82 Å². The molecule has 7 nitrogen and oxygen atoms in total. The first-order valence-electron chi connectivity index (χ1n) is 10.1. The van der Waals surface area contributed by atoms with Gasteiger partial charge in [-0.05, 0) is 62.5 Å². The quantitative estimate of drug-likeness (QED) is 0.525. The van der Waals surface area contributed by atoms with Crippen LogP contribution in [0.15, 0.2) is 59.8 Å². The maximum atomic E-state index is 13.6. The highest BCUT2D eigenvalue weighted by Gasteiger charge is 2.27. The molecule has 154 valence electrons. The Morgan fingerprint density at radius 1 is 1.07 bits per heavy atom. The fourth-order valence-corrected chi connectivity index (χ4v) is 5.88. The van der Waals surface area contributed by atoms with Crippen LogP contribution in [-0.4, -0.2) is 35.4 Å². The van der Waals surface area contributed by atoms with Gasteiger partial charge >= 0.3 is 0 Å². The molecule has 1 saturated heterocycles. The van der Waals surface area contributed by atoms with Crippen molar-refractivity contribution < 1.29 is 8.42 Å². The van der Waals surface area contributed by atoms with Gasteiger partial charge in [-0.3, -0.25) is 0 Å². The van der Waals surface area contributed by atoms with Crippen molar-refractivity contribution in [1.29, 1.82) is 0 Å². The molecule has 1 aromatic carbocycles. The van der Waals surface area contributed by atoms with Gasteiger partial charge in [0.15, 0.2) is 5.65 Å². The van der Waals surface area contributed by atoms with Crippen molar-refractivity contribution in [3.63, 3.8) is 0 Å². The van der Waals surface area contributed by atoms with Gasteiger partial charge in [-0.25, -0.2) is 22.4 Å². The second kappa shape index (κ2) is 7.37. The van der Waals surface area contributed by atoms with Gasteiger partial charge in [0.2, 0.25) is 0 Å². The minimum atomic E-state index is -3.85. The maximum absolute atomic E-state index is 13.6. The number of nitrogen functional groups attached to an aromatic ring is 1. The van der Waals surface area contributed by atoms with Crippen molar-refractivity contribution in [2.45, 2.75) is 24.2 Å². The summed E-state index contributed by atoms with van der Waals surface area (Å²) >= 11 is 0. The van der Waals surface area contributed by atoms with E-state index in [1.54, 1.807) is 42.7 Å². The van der Waals surface area contributed by atoms with E-state index in [0.717, 1.165) is 48.7 Å². The minimum Gasteiger partial charge on any atom is -0.383 e. The fraction of sp³-hybridized carbons (Fsp3) is 0.273. The standard InChI is InChI=1S/C22H23N5O2S/c23-21-18(13-15-8-11-24-12-9-15)20-17-7-4-10-25-22(17)27(19(20)14-26-21)30(28,29)16-5-2-1-3-6-16/h1-7,10,14-15,24H,8-9,11-13H2,(H2,23,26). The molecule has 1 aliphatic rings. The number of hydrogen-bond acceptors (Lipinski definition) is 6. The third-order valence-corrected chi connectivity index (χ3v) is 7.61. The lowest BCUT2D eigenvalue weighted by Gasteiger charge is -2.23. The van der Waals surface area contributed by atoms with Gasteiger partial charge in [0.05, 0.1) is 16.6 Å². The molecule has 0 amide bonds. The van der Waals surface area contributed by atoms with Crippen molar-refractivity contribution in [1.82, 2.24) is 19.3 Å². The highest BCUT2D eigenvalue weighted by atomic mass is 32.2. The lowest BCUT2D eigenvalue weighted by molar-refractivity contribution is 0.373. The van der Waals surface area contributed by atoms with E-state index in [9.17, 15) is 8.42 Å². The number of aromatic nitrogens is 3. The predicted octanol–water partition coefficient (Wildman–Crippen LogP) is 2.95. The van der Waals surface area contributed by atoms with Gasteiger partial charge in [-0.2, -0.15) is 0 Å². The van der Waals surface area contributed by atoms with E-state index in [1.807, 2.05) is 12.1 Å². The molecule has 0 unspecified atom stereocenters. The molecule has 4 heterocycles. The summed E-state index contributed by atoms with van der Waals surface area (Å²) in [7, 11) is -3.85. The van der Waals surface area contributed by atoms with Gasteiger partial charge in [-0.1, -0.05) is 18.2 Å². The number of nitrogens with zero attached hydrogens (tertiary/aromatic N) is 3. The van der Waals surface area contributed by atoms with Crippen LogP contribution in [0.1, 0.15) is 18.4 Å². The third kappa shape index (κ3) is 3.03. The molecule has 8 heteroatoms. The Bertz CT molecular complexity index is 1330. The Morgan fingerprint density at radius 2 is 1.83 bits per heavy atom. The van der Waals surface area contributed by atoms with E-state index >= 15 is 0 Å². The zero-order valence-electron chi connectivity index (χ0n) is 16.5. The minimum absolute atomic E-state index is 0.214. The average Bonchev–Trinajstić information content (AvgIpc) is 3.12. The maximum Gasteiger partial charge on any atom is 0.269 e. The Labute approximate surface area is 175 Å². The number of pyridine rings is 2. The molecule has 3 aromatic heterocycles. The zero-order valence-corrected chi connectivity index (χ0v) is 17.3. The molecule has 30 heavy (non-hydrogen) atoms. The number of benzene rings is 1. The van der Waals surface area contributed by atoms with Gasteiger partial charge < -0.3 is 11.1 Å². The van der Waals surface area contributed by atoms with Crippen LogP contribution in [-0.2, 0) is 16.4 Å². The van der Waals surface area contributed by atoms with E-state index in [1.165, 1.54) is 3.97 Å². The fourth-order valence-electron chi connectivity index (χ4n) is 4.40. The summed E-state index contributed by atoms with van der Waals surface area (Å²) < 4.78 is 28.4. The summed E-state index contributed by atoms with van der Waals surface area (Å²) in [5, 5.41) is 5.00. The molecule has 1 fully saturated rings. The van der Waals surface area contributed by atoms with Crippen molar-refractivity contribution >= 4 is 37.8 Å². The Morgan fingerprint density at radius 3 is 2.60 bits per heavy atom. The molecule has 0 radical (unpaired) electrons. The Balaban J connectivity index is 1.79. The molecule has 3 N–H and O–H groups in total. The number of nitrogens with two attached hydrogens (primary N) is 1. The topological polar surface area (TPSA) is 103 Å². The summed E-state index contributed by atoms with van der Waals surface area (Å²) in [5.74, 6) is 0.947. The number of piperidine rings is 1. The summed E-state index contributed by atoms with van der Waals surface area (Å²) in [4.78, 5) is 9.03. The van der Waals surface area contributed by atoms with Crippen LogP contribution in [0.2, 0.25) is 0 Å². The van der Waals surface area contributed by atoms with Crippen molar-refractivity contribution in [3.8, 4) is 0 Å². The number of nitrogens with one attached hydrogen (secondary N) is 1. The smallest absolute Gasteiger partial charge is 0.269 e. The molecule has 0 atom stereocenters. The van der Waals surface area contributed by atoms with Gasteiger partial charge in [0.25, 0.3) is 10.0 Å². The lowest BCUT2D eigenvalue weighted by Crippen LogP contribution is -2.28. The number of anilines is 1. The van der Waals surface area contributed by atoms with Crippen LogP contribution < -0.4 is 11.1 Å². The van der Waals surface area contributed by atoms with Crippen LogP contribution in [0, 0.1) is 5.92 Å². The number of fused-ring (bicyclic) bond motifs is 3. The molecule has 0 bridgehead atoms. The summed E-state index contributed by atoms with van der Waals surface area (Å²) in [5.41, 5.74) is 8.15. The average molecular weight is 422 g/mol. The molecule has 1 aliphatic heterocycles. The highest BCUT2D eigenvalue weighted by molar-refractivity contribution is 7.90. The first kappa shape index (κ1) is 19.0. The SMILES string of the molecule is Nc1ncc2c(c1CC1CCNCC1)c1cccnc1n2S(=O)(=O)c1ccccc1. The largest absolute Gasteiger partial charge is 0.383 e. The Hall–Kier alpha value is -2.97. The van der Waals surface area contributed by atoms with Crippen molar-refractivity contribution in [2.75, 3.05) is 18.8 Å². The monoisotopic (exact) mass is 421 g/mol. The summed E-state index contributed by atoms with van der Waals surface area (Å²) in [6.45, 7) is 1.97. The predicted molar refractivity (Wildman–Crippen MR) is 118 cm³/mol. The Kier molecular flexibility index (Phi) is 4.67. The van der Waals surface area contributed by atoms with Crippen LogP contribution >= 0.6 is 0 Å². The molecule has 0 saturated carbocycles. The molecule has 5 rings (SSSR count). The second-order valence-electron chi connectivity index (χ2n) is 7.74. The van der Waals surface area contributed by atoms with Crippen LogP contribution in [0.4, 0.5) is 5.82 Å². The van der Waals surface area contributed by atoms with Crippen LogP contribution in [0.25, 0.3) is 21.9 Å². The number of rotatable bonds is 4. The first-order valence-corrected chi connectivity index (χ1v) is 11.5. The van der Waals surface area contributed by atoms with Crippen molar-refractivity contribution in [3.05, 3.63) is 60.4 Å². The van der Waals surface area contributed by atoms with E-state index in [-0.39, 0.29) is 4.90 Å². The molecule has 0 spiro atoms. The second-order valence-corrected chi connectivity index (χ2v) is 9.52. The van der Waals surface area contributed by atoms with Crippen LogP contribution in [0.3, 0.4) is 0 Å². The summed E-state index contributed by atoms with van der Waals surface area (Å²) in [6, 6.07) is 12.1. The lowest BCUT2D eigenvalue weighted by atomic mass is 9.89. The molecule has 0 aliphatic carbocycles. The number of hydrogen-bond donors (Lipinski definition) is 2. The van der Waals surface area contributed by atoms with E-state index < -0.39 is 10.0 Å². The van der Waals surface area contributed by atoms with E-state index in [4.69, 9.17) is 5.73 Å². The van der Waals surface area contributed by atoms with Crippen LogP contribution in [0.5, 0.6) is 0 Å². The molecular weight excluding hydrogens is 398 g/mol.